The van der Waals surface area contributed by atoms with E-state index in [4.69, 9.17) is 16.3 Å². The molecule has 0 N–H and O–H groups in total. The van der Waals surface area contributed by atoms with Crippen LogP contribution in [0, 0.1) is 0 Å². The number of nitrogens with zero attached hydrogens (tertiary/aromatic N) is 1. The summed E-state index contributed by atoms with van der Waals surface area (Å²) < 4.78 is 5.58. The average Bonchev–Trinajstić information content (AvgIpc) is 2.17. The lowest BCUT2D eigenvalue weighted by molar-refractivity contribution is -0.0479. The van der Waals surface area contributed by atoms with Gasteiger partial charge in [-0.2, -0.15) is 0 Å². The van der Waals surface area contributed by atoms with E-state index < -0.39 is 0 Å². The first kappa shape index (κ1) is 11.3. The van der Waals surface area contributed by atoms with Crippen LogP contribution in [0.3, 0.4) is 0 Å². The third-order valence-electron chi connectivity index (χ3n) is 2.61. The molecule has 0 saturated carbocycles. The largest absolute Gasteiger partial charge is 0.374 e. The van der Waals surface area contributed by atoms with Gasteiger partial charge in [0.05, 0.1) is 12.7 Å². The predicted octanol–water partition coefficient (Wildman–Crippen LogP) is 2.11. The zero-order valence-corrected chi connectivity index (χ0v) is 9.39. The van der Waals surface area contributed by atoms with Crippen LogP contribution in [0.15, 0.2) is 0 Å². The Morgan fingerprint density at radius 3 is 2.92 bits per heavy atom. The molecule has 0 bridgehead atoms. The Bertz CT molecular complexity index is 143. The Morgan fingerprint density at radius 1 is 1.54 bits per heavy atom. The summed E-state index contributed by atoms with van der Waals surface area (Å²) in [4.78, 5) is 2.49. The van der Waals surface area contributed by atoms with E-state index in [-0.39, 0.29) is 6.10 Å². The summed E-state index contributed by atoms with van der Waals surface area (Å²) in [6, 6.07) is 0.561. The first-order valence-corrected chi connectivity index (χ1v) is 5.73. The number of rotatable bonds is 4. The van der Waals surface area contributed by atoms with Crippen LogP contribution in [0.1, 0.15) is 26.7 Å². The highest BCUT2D eigenvalue weighted by Crippen LogP contribution is 2.13. The highest BCUT2D eigenvalue weighted by Gasteiger charge is 2.24. The Hall–Kier alpha value is 0.210. The molecule has 1 saturated heterocycles. The summed E-state index contributed by atoms with van der Waals surface area (Å²) >= 11 is 5.78. The van der Waals surface area contributed by atoms with Gasteiger partial charge in [-0.1, -0.05) is 13.3 Å². The van der Waals surface area contributed by atoms with Crippen LogP contribution >= 0.6 is 11.6 Å². The van der Waals surface area contributed by atoms with Crippen LogP contribution in [-0.2, 0) is 4.74 Å². The zero-order valence-electron chi connectivity index (χ0n) is 8.63. The van der Waals surface area contributed by atoms with Gasteiger partial charge in [-0.25, -0.2) is 0 Å². The van der Waals surface area contributed by atoms with Gasteiger partial charge in [-0.3, -0.25) is 4.90 Å². The van der Waals surface area contributed by atoms with Crippen molar-refractivity contribution in [2.75, 3.05) is 25.6 Å². The van der Waals surface area contributed by atoms with Crippen molar-refractivity contribution in [1.29, 1.82) is 0 Å². The van der Waals surface area contributed by atoms with Crippen molar-refractivity contribution < 1.29 is 4.74 Å². The minimum Gasteiger partial charge on any atom is -0.374 e. The van der Waals surface area contributed by atoms with Crippen molar-refractivity contribution in [3.05, 3.63) is 0 Å². The molecule has 1 aliphatic rings. The summed E-state index contributed by atoms with van der Waals surface area (Å²) in [5.74, 6) is 0.620. The van der Waals surface area contributed by atoms with Gasteiger partial charge in [-0.05, 0) is 19.9 Å². The van der Waals surface area contributed by atoms with Crippen LogP contribution in [0.25, 0.3) is 0 Å². The number of ether oxygens (including phenoxy) is 1. The topological polar surface area (TPSA) is 12.5 Å². The fraction of sp³-hybridized carbons (Fsp3) is 1.00. The quantitative estimate of drug-likeness (QED) is 0.652. The third kappa shape index (κ3) is 3.45. The van der Waals surface area contributed by atoms with Gasteiger partial charge in [0.2, 0.25) is 0 Å². The number of halogens is 1. The molecule has 0 radical (unpaired) electrons. The lowest BCUT2D eigenvalue weighted by Gasteiger charge is -2.37. The van der Waals surface area contributed by atoms with Crippen LogP contribution in [-0.4, -0.2) is 42.6 Å². The second-order valence-corrected chi connectivity index (χ2v) is 4.12. The van der Waals surface area contributed by atoms with E-state index >= 15 is 0 Å². The molecule has 0 aliphatic carbocycles. The molecule has 1 aliphatic heterocycles. The van der Waals surface area contributed by atoms with Crippen molar-refractivity contribution in [1.82, 2.24) is 4.90 Å². The Labute approximate surface area is 86.2 Å². The monoisotopic (exact) mass is 205 g/mol. The second kappa shape index (κ2) is 5.84. The molecular formula is C10H20ClNO. The lowest BCUT2D eigenvalue weighted by atomic mass is 10.2. The molecule has 3 heteroatoms. The van der Waals surface area contributed by atoms with Crippen molar-refractivity contribution >= 4 is 11.6 Å². The summed E-state index contributed by atoms with van der Waals surface area (Å²) in [6.07, 6.45) is 2.78. The van der Waals surface area contributed by atoms with Gasteiger partial charge in [-0.15, -0.1) is 11.6 Å². The first-order valence-electron chi connectivity index (χ1n) is 5.19. The minimum atomic E-state index is 0.245. The Balaban J connectivity index is 2.31. The van der Waals surface area contributed by atoms with Gasteiger partial charge in [0, 0.05) is 18.5 Å². The van der Waals surface area contributed by atoms with Gasteiger partial charge in [0.1, 0.15) is 0 Å². The van der Waals surface area contributed by atoms with Gasteiger partial charge < -0.3 is 4.74 Å². The first-order chi connectivity index (χ1) is 6.27. The fourth-order valence-electron chi connectivity index (χ4n) is 1.64. The van der Waals surface area contributed by atoms with Gasteiger partial charge >= 0.3 is 0 Å². The lowest BCUT2D eigenvalue weighted by Crippen LogP contribution is -2.49. The Kier molecular flexibility index (Phi) is 5.07. The number of hydrogen-bond donors (Lipinski definition) is 0. The van der Waals surface area contributed by atoms with Crippen LogP contribution < -0.4 is 0 Å². The molecule has 1 heterocycles. The average molecular weight is 206 g/mol. The molecular weight excluding hydrogens is 186 g/mol. The van der Waals surface area contributed by atoms with Crippen molar-refractivity contribution in [3.63, 3.8) is 0 Å². The standard InChI is InChI=1S/C10H20ClNO/c1-3-4-5-12-7-10(6-11)13-8-9(12)2/h9-10H,3-8H2,1-2H3. The van der Waals surface area contributed by atoms with Crippen molar-refractivity contribution in [2.24, 2.45) is 0 Å². The van der Waals surface area contributed by atoms with Crippen molar-refractivity contribution in [2.45, 2.75) is 38.8 Å². The third-order valence-corrected chi connectivity index (χ3v) is 2.95. The van der Waals surface area contributed by atoms with Crippen molar-refractivity contribution in [3.8, 4) is 0 Å². The summed E-state index contributed by atoms with van der Waals surface area (Å²) in [6.45, 7) is 7.48. The predicted molar refractivity (Wildman–Crippen MR) is 56.4 cm³/mol. The molecule has 2 unspecified atom stereocenters. The molecule has 1 fully saturated rings. The van der Waals surface area contributed by atoms with Gasteiger partial charge in [0.25, 0.3) is 0 Å². The molecule has 13 heavy (non-hydrogen) atoms. The fourth-order valence-corrected chi connectivity index (χ4v) is 1.83. The normalized spacial score (nSPS) is 30.7. The molecule has 78 valence electrons. The summed E-state index contributed by atoms with van der Waals surface area (Å²) in [5.41, 5.74) is 0. The number of hydrogen-bond acceptors (Lipinski definition) is 2. The Morgan fingerprint density at radius 2 is 2.31 bits per heavy atom. The second-order valence-electron chi connectivity index (χ2n) is 3.81. The molecule has 1 rings (SSSR count). The van der Waals surface area contributed by atoms with Crippen LogP contribution in [0.4, 0.5) is 0 Å². The van der Waals surface area contributed by atoms with E-state index in [2.05, 4.69) is 18.7 Å². The number of unbranched alkanes of at least 4 members (excludes halogenated alkanes) is 1. The number of alkyl halides is 1. The molecule has 0 aromatic carbocycles. The molecule has 0 spiro atoms. The molecule has 2 atom stereocenters. The molecule has 0 aromatic heterocycles. The van der Waals surface area contributed by atoms with E-state index in [1.165, 1.54) is 19.4 Å². The van der Waals surface area contributed by atoms with E-state index in [0.29, 0.717) is 11.9 Å². The molecule has 0 amide bonds. The van der Waals surface area contributed by atoms with Crippen LogP contribution in [0.2, 0.25) is 0 Å². The van der Waals surface area contributed by atoms with Crippen LogP contribution in [0.5, 0.6) is 0 Å². The highest BCUT2D eigenvalue weighted by atomic mass is 35.5. The summed E-state index contributed by atoms with van der Waals surface area (Å²) in [7, 11) is 0. The molecule has 0 aromatic rings. The van der Waals surface area contributed by atoms with E-state index in [1.54, 1.807) is 0 Å². The summed E-state index contributed by atoms with van der Waals surface area (Å²) in [5, 5.41) is 0. The molecule has 2 nitrogen and oxygen atoms in total. The van der Waals surface area contributed by atoms with E-state index in [9.17, 15) is 0 Å². The zero-order chi connectivity index (χ0) is 9.68. The number of morpholine rings is 1. The maximum Gasteiger partial charge on any atom is 0.0837 e. The maximum absolute atomic E-state index is 5.78. The maximum atomic E-state index is 5.78. The highest BCUT2D eigenvalue weighted by molar-refractivity contribution is 6.18. The SMILES string of the molecule is CCCCN1CC(CCl)OCC1C. The van der Waals surface area contributed by atoms with E-state index in [1.807, 2.05) is 0 Å². The van der Waals surface area contributed by atoms with Gasteiger partial charge in [0.15, 0.2) is 0 Å². The smallest absolute Gasteiger partial charge is 0.0837 e. The minimum absolute atomic E-state index is 0.245. The van der Waals surface area contributed by atoms with E-state index in [0.717, 1.165) is 13.2 Å².